The zero-order chi connectivity index (χ0) is 14.5. The Balaban J connectivity index is 2.31. The molecule has 0 bridgehead atoms. The standard InChI is InChI=1S/C14H28N2O3/c1-5-18-12(17)14(4,15)7-6-8-16-9-10-19-13(2,3)11-16/h5-11,15H2,1-4H3. The van der Waals surface area contributed by atoms with E-state index in [1.807, 2.05) is 0 Å². The number of carbonyl (C=O) groups excluding carboxylic acids is 1. The first kappa shape index (κ1) is 16.4. The molecule has 0 aromatic carbocycles. The Labute approximate surface area is 116 Å². The Morgan fingerprint density at radius 3 is 2.79 bits per heavy atom. The van der Waals surface area contributed by atoms with Crippen LogP contribution >= 0.6 is 0 Å². The smallest absolute Gasteiger partial charge is 0.325 e. The van der Waals surface area contributed by atoms with Gasteiger partial charge in [-0.1, -0.05) is 0 Å². The molecule has 2 N–H and O–H groups in total. The predicted molar refractivity (Wildman–Crippen MR) is 74.9 cm³/mol. The Morgan fingerprint density at radius 2 is 2.21 bits per heavy atom. The van der Waals surface area contributed by atoms with Crippen molar-refractivity contribution < 1.29 is 14.3 Å². The number of hydrogen-bond acceptors (Lipinski definition) is 5. The molecule has 0 aromatic rings. The second-order valence-corrected chi connectivity index (χ2v) is 6.13. The van der Waals surface area contributed by atoms with Crippen LogP contribution in [0, 0.1) is 0 Å². The van der Waals surface area contributed by atoms with E-state index < -0.39 is 5.54 Å². The van der Waals surface area contributed by atoms with E-state index >= 15 is 0 Å². The van der Waals surface area contributed by atoms with Crippen molar-refractivity contribution >= 4 is 5.97 Å². The van der Waals surface area contributed by atoms with E-state index in [1.165, 1.54) is 0 Å². The third kappa shape index (κ3) is 5.47. The van der Waals surface area contributed by atoms with Crippen LogP contribution in [-0.4, -0.2) is 54.9 Å². The van der Waals surface area contributed by atoms with Crippen LogP contribution in [0.4, 0.5) is 0 Å². The van der Waals surface area contributed by atoms with Gasteiger partial charge in [0.15, 0.2) is 0 Å². The van der Waals surface area contributed by atoms with Crippen LogP contribution in [0.2, 0.25) is 0 Å². The highest BCUT2D eigenvalue weighted by Crippen LogP contribution is 2.18. The summed E-state index contributed by atoms with van der Waals surface area (Å²) in [6.45, 7) is 11.7. The summed E-state index contributed by atoms with van der Waals surface area (Å²) in [6.07, 6.45) is 1.53. The normalized spacial score (nSPS) is 22.8. The van der Waals surface area contributed by atoms with Crippen molar-refractivity contribution in [2.75, 3.05) is 32.8 Å². The zero-order valence-electron chi connectivity index (χ0n) is 12.7. The van der Waals surface area contributed by atoms with Crippen LogP contribution in [0.5, 0.6) is 0 Å². The summed E-state index contributed by atoms with van der Waals surface area (Å²) >= 11 is 0. The predicted octanol–water partition coefficient (Wildman–Crippen LogP) is 1.16. The van der Waals surface area contributed by atoms with Crippen molar-refractivity contribution in [2.45, 2.75) is 51.7 Å². The molecule has 0 aliphatic carbocycles. The summed E-state index contributed by atoms with van der Waals surface area (Å²) in [6, 6.07) is 0. The lowest BCUT2D eigenvalue weighted by molar-refractivity contribution is -0.149. The Kier molecular flexibility index (Phi) is 5.77. The van der Waals surface area contributed by atoms with Gasteiger partial charge in [-0.15, -0.1) is 0 Å². The van der Waals surface area contributed by atoms with Gasteiger partial charge < -0.3 is 15.2 Å². The lowest BCUT2D eigenvalue weighted by Gasteiger charge is -2.38. The number of hydrogen-bond donors (Lipinski definition) is 1. The first-order valence-electron chi connectivity index (χ1n) is 7.09. The number of morpholine rings is 1. The molecular weight excluding hydrogens is 244 g/mol. The first-order chi connectivity index (χ1) is 8.77. The van der Waals surface area contributed by atoms with Gasteiger partial charge in [-0.05, 0) is 47.1 Å². The quantitative estimate of drug-likeness (QED) is 0.735. The molecule has 1 heterocycles. The van der Waals surface area contributed by atoms with Crippen LogP contribution in [-0.2, 0) is 14.3 Å². The minimum atomic E-state index is -0.877. The SMILES string of the molecule is CCOC(=O)C(C)(N)CCCN1CCOC(C)(C)C1. The minimum Gasteiger partial charge on any atom is -0.465 e. The van der Waals surface area contributed by atoms with Gasteiger partial charge >= 0.3 is 5.97 Å². The number of nitrogens with zero attached hydrogens (tertiary/aromatic N) is 1. The van der Waals surface area contributed by atoms with Gasteiger partial charge in [0, 0.05) is 13.1 Å². The monoisotopic (exact) mass is 272 g/mol. The lowest BCUT2D eigenvalue weighted by atomic mass is 9.97. The van der Waals surface area contributed by atoms with Crippen molar-refractivity contribution in [1.29, 1.82) is 0 Å². The van der Waals surface area contributed by atoms with E-state index in [-0.39, 0.29) is 11.6 Å². The highest BCUT2D eigenvalue weighted by molar-refractivity contribution is 5.79. The van der Waals surface area contributed by atoms with E-state index in [0.29, 0.717) is 13.0 Å². The fourth-order valence-corrected chi connectivity index (χ4v) is 2.37. The molecule has 5 heteroatoms. The minimum absolute atomic E-state index is 0.0780. The Morgan fingerprint density at radius 1 is 1.53 bits per heavy atom. The summed E-state index contributed by atoms with van der Waals surface area (Å²) in [4.78, 5) is 14.0. The molecule has 1 fully saturated rings. The molecule has 1 atom stereocenters. The lowest BCUT2D eigenvalue weighted by Crippen LogP contribution is -2.49. The van der Waals surface area contributed by atoms with Crippen LogP contribution < -0.4 is 5.73 Å². The zero-order valence-corrected chi connectivity index (χ0v) is 12.7. The molecule has 19 heavy (non-hydrogen) atoms. The molecular formula is C14H28N2O3. The molecule has 0 spiro atoms. The summed E-state index contributed by atoms with van der Waals surface area (Å²) in [5.74, 6) is -0.308. The third-order valence-electron chi connectivity index (χ3n) is 3.42. The number of esters is 1. The molecule has 0 amide bonds. The number of carbonyl (C=O) groups is 1. The highest BCUT2D eigenvalue weighted by atomic mass is 16.5. The second kappa shape index (κ2) is 6.68. The fraction of sp³-hybridized carbons (Fsp3) is 0.929. The summed E-state index contributed by atoms with van der Waals surface area (Å²) < 4.78 is 10.7. The molecule has 0 radical (unpaired) electrons. The molecule has 0 aromatic heterocycles. The number of nitrogens with two attached hydrogens (primary N) is 1. The van der Waals surface area contributed by atoms with Crippen molar-refractivity contribution in [3.8, 4) is 0 Å². The average molecular weight is 272 g/mol. The summed E-state index contributed by atoms with van der Waals surface area (Å²) in [7, 11) is 0. The van der Waals surface area contributed by atoms with E-state index in [0.717, 1.165) is 32.7 Å². The maximum absolute atomic E-state index is 11.7. The van der Waals surface area contributed by atoms with E-state index in [9.17, 15) is 4.79 Å². The van der Waals surface area contributed by atoms with E-state index in [2.05, 4.69) is 18.7 Å². The maximum atomic E-state index is 11.7. The first-order valence-corrected chi connectivity index (χ1v) is 7.09. The van der Waals surface area contributed by atoms with Crippen LogP contribution in [0.15, 0.2) is 0 Å². The van der Waals surface area contributed by atoms with E-state index in [4.69, 9.17) is 15.2 Å². The second-order valence-electron chi connectivity index (χ2n) is 6.13. The molecule has 1 aliphatic heterocycles. The van der Waals surface area contributed by atoms with Gasteiger partial charge in [-0.3, -0.25) is 9.69 Å². The number of ether oxygens (including phenoxy) is 2. The Hall–Kier alpha value is -0.650. The van der Waals surface area contributed by atoms with Gasteiger partial charge in [-0.2, -0.15) is 0 Å². The summed E-state index contributed by atoms with van der Waals surface area (Å²) in [5, 5.41) is 0. The summed E-state index contributed by atoms with van der Waals surface area (Å²) in [5.41, 5.74) is 5.04. The van der Waals surface area contributed by atoms with Crippen molar-refractivity contribution in [3.63, 3.8) is 0 Å². The van der Waals surface area contributed by atoms with Crippen molar-refractivity contribution in [1.82, 2.24) is 4.90 Å². The van der Waals surface area contributed by atoms with Crippen molar-refractivity contribution in [3.05, 3.63) is 0 Å². The van der Waals surface area contributed by atoms with Gasteiger partial charge in [0.25, 0.3) is 0 Å². The molecule has 1 unspecified atom stereocenters. The van der Waals surface area contributed by atoms with Crippen LogP contribution in [0.25, 0.3) is 0 Å². The molecule has 1 saturated heterocycles. The fourth-order valence-electron chi connectivity index (χ4n) is 2.37. The number of rotatable bonds is 6. The average Bonchev–Trinajstić information content (AvgIpc) is 2.27. The van der Waals surface area contributed by atoms with Crippen LogP contribution in [0.1, 0.15) is 40.5 Å². The molecule has 112 valence electrons. The molecule has 1 aliphatic rings. The van der Waals surface area contributed by atoms with Gasteiger partial charge in [0.2, 0.25) is 0 Å². The largest absolute Gasteiger partial charge is 0.465 e. The maximum Gasteiger partial charge on any atom is 0.325 e. The highest BCUT2D eigenvalue weighted by Gasteiger charge is 2.31. The molecule has 1 rings (SSSR count). The van der Waals surface area contributed by atoms with Gasteiger partial charge in [0.1, 0.15) is 5.54 Å². The molecule has 5 nitrogen and oxygen atoms in total. The topological polar surface area (TPSA) is 64.8 Å². The van der Waals surface area contributed by atoms with E-state index in [1.54, 1.807) is 13.8 Å². The Bertz CT molecular complexity index is 303. The van der Waals surface area contributed by atoms with Gasteiger partial charge in [0.05, 0.1) is 18.8 Å². The van der Waals surface area contributed by atoms with Gasteiger partial charge in [-0.25, -0.2) is 0 Å². The van der Waals surface area contributed by atoms with Crippen LogP contribution in [0.3, 0.4) is 0 Å². The molecule has 0 saturated carbocycles. The van der Waals surface area contributed by atoms with Crippen molar-refractivity contribution in [2.24, 2.45) is 5.73 Å². The third-order valence-corrected chi connectivity index (χ3v) is 3.42.